The lowest BCUT2D eigenvalue weighted by atomic mass is 9.98. The van der Waals surface area contributed by atoms with Crippen LogP contribution in [-0.4, -0.2) is 36.8 Å². The molecule has 1 aromatic rings. The van der Waals surface area contributed by atoms with Crippen molar-refractivity contribution in [3.63, 3.8) is 0 Å². The summed E-state index contributed by atoms with van der Waals surface area (Å²) in [5.41, 5.74) is 0.694. The lowest BCUT2D eigenvalue weighted by Gasteiger charge is -2.15. The van der Waals surface area contributed by atoms with E-state index in [9.17, 15) is 13.2 Å². The minimum Gasteiger partial charge on any atom is -0.481 e. The lowest BCUT2D eigenvalue weighted by Crippen LogP contribution is -2.35. The molecule has 2 N–H and O–H groups in total. The molecule has 1 heterocycles. The third-order valence-electron chi connectivity index (χ3n) is 3.01. The monoisotopic (exact) mass is 314 g/mol. The van der Waals surface area contributed by atoms with Gasteiger partial charge in [0.15, 0.2) is 0 Å². The van der Waals surface area contributed by atoms with Crippen molar-refractivity contribution in [3.05, 3.63) is 30.1 Å². The molecule has 0 amide bonds. The van der Waals surface area contributed by atoms with Crippen LogP contribution in [0.3, 0.4) is 0 Å². The van der Waals surface area contributed by atoms with Crippen LogP contribution >= 0.6 is 0 Å². The van der Waals surface area contributed by atoms with E-state index in [1.807, 2.05) is 13.8 Å². The van der Waals surface area contributed by atoms with Crippen LogP contribution in [0.1, 0.15) is 26.0 Å². The second-order valence-electron chi connectivity index (χ2n) is 5.40. The molecule has 0 fully saturated rings. The highest BCUT2D eigenvalue weighted by Gasteiger charge is 2.21. The van der Waals surface area contributed by atoms with E-state index in [4.69, 9.17) is 5.11 Å². The average Bonchev–Trinajstić information content (AvgIpc) is 2.42. The summed E-state index contributed by atoms with van der Waals surface area (Å²) in [6, 6.07) is 5.32. The zero-order chi connectivity index (χ0) is 15.9. The molecule has 6 nitrogen and oxygen atoms in total. The maximum atomic E-state index is 11.9. The smallest absolute Gasteiger partial charge is 0.307 e. The number of carboxylic acids is 1. The summed E-state index contributed by atoms with van der Waals surface area (Å²) in [4.78, 5) is 15.1. The predicted octanol–water partition coefficient (Wildman–Crippen LogP) is 1.29. The summed E-state index contributed by atoms with van der Waals surface area (Å²) in [5.74, 6) is -1.58. The van der Waals surface area contributed by atoms with Crippen molar-refractivity contribution in [3.8, 4) is 0 Å². The number of carboxylic acid groups (broad SMARTS) is 1. The van der Waals surface area contributed by atoms with Gasteiger partial charge < -0.3 is 5.11 Å². The Kier molecular flexibility index (Phi) is 6.77. The van der Waals surface area contributed by atoms with Gasteiger partial charge in [-0.25, -0.2) is 13.1 Å². The van der Waals surface area contributed by atoms with Gasteiger partial charge in [-0.15, -0.1) is 0 Å². The second kappa shape index (κ2) is 8.09. The van der Waals surface area contributed by atoms with Crippen molar-refractivity contribution in [2.75, 3.05) is 12.3 Å². The number of nitrogens with one attached hydrogen (secondary N) is 1. The number of aromatic nitrogens is 1. The van der Waals surface area contributed by atoms with Crippen molar-refractivity contribution < 1.29 is 18.3 Å². The average molecular weight is 314 g/mol. The molecular weight excluding hydrogens is 292 g/mol. The summed E-state index contributed by atoms with van der Waals surface area (Å²) in [5, 5.41) is 9.08. The van der Waals surface area contributed by atoms with E-state index in [0.717, 1.165) is 0 Å². The molecule has 0 saturated carbocycles. The van der Waals surface area contributed by atoms with Gasteiger partial charge in [-0.05, 0) is 24.5 Å². The molecule has 0 aliphatic carbocycles. The summed E-state index contributed by atoms with van der Waals surface area (Å²) in [6.07, 6.45) is 2.36. The Hall–Kier alpha value is -1.47. The number of sulfonamides is 1. The highest BCUT2D eigenvalue weighted by atomic mass is 32.2. The Balaban J connectivity index is 2.49. The minimum absolute atomic E-state index is 0.0714. The normalized spacial score (nSPS) is 13.3. The number of aliphatic carboxylic acids is 1. The third-order valence-corrected chi connectivity index (χ3v) is 4.36. The van der Waals surface area contributed by atoms with Gasteiger partial charge in [0.05, 0.1) is 11.7 Å². The molecule has 0 bridgehead atoms. The summed E-state index contributed by atoms with van der Waals surface area (Å²) in [7, 11) is -3.50. The third kappa shape index (κ3) is 7.19. The molecule has 118 valence electrons. The first kappa shape index (κ1) is 17.6. The first-order valence-electron chi connectivity index (χ1n) is 6.90. The number of pyridine rings is 1. The van der Waals surface area contributed by atoms with Gasteiger partial charge in [0.1, 0.15) is 0 Å². The minimum atomic E-state index is -3.50. The fourth-order valence-corrected chi connectivity index (χ4v) is 3.00. The maximum absolute atomic E-state index is 11.9. The van der Waals surface area contributed by atoms with Gasteiger partial charge in [0.25, 0.3) is 0 Å². The van der Waals surface area contributed by atoms with Gasteiger partial charge >= 0.3 is 5.97 Å². The van der Waals surface area contributed by atoms with Crippen LogP contribution in [0, 0.1) is 11.8 Å². The Morgan fingerprint density at radius 3 is 2.62 bits per heavy atom. The van der Waals surface area contributed by atoms with Gasteiger partial charge in [0, 0.05) is 24.9 Å². The zero-order valence-electron chi connectivity index (χ0n) is 12.3. The Morgan fingerprint density at radius 2 is 2.10 bits per heavy atom. The van der Waals surface area contributed by atoms with E-state index in [2.05, 4.69) is 9.71 Å². The number of nitrogens with zero attached hydrogens (tertiary/aromatic N) is 1. The Bertz CT molecular complexity index is 543. The van der Waals surface area contributed by atoms with Crippen LogP contribution in [0.25, 0.3) is 0 Å². The molecule has 1 atom stereocenters. The summed E-state index contributed by atoms with van der Waals surface area (Å²) in [6.45, 7) is 3.75. The number of aryl methyl sites for hydroxylation is 1. The fourth-order valence-electron chi connectivity index (χ4n) is 1.93. The molecular formula is C14H22N2O4S. The quantitative estimate of drug-likeness (QED) is 0.716. The highest BCUT2D eigenvalue weighted by Crippen LogP contribution is 2.11. The topological polar surface area (TPSA) is 96.4 Å². The first-order chi connectivity index (χ1) is 9.80. The van der Waals surface area contributed by atoms with Crippen LogP contribution in [-0.2, 0) is 21.2 Å². The van der Waals surface area contributed by atoms with Crippen LogP contribution in [0.5, 0.6) is 0 Å². The molecule has 1 unspecified atom stereocenters. The molecule has 0 aliphatic heterocycles. The second-order valence-corrected chi connectivity index (χ2v) is 7.33. The van der Waals surface area contributed by atoms with Gasteiger partial charge in [-0.2, -0.15) is 0 Å². The summed E-state index contributed by atoms with van der Waals surface area (Å²) >= 11 is 0. The zero-order valence-corrected chi connectivity index (χ0v) is 13.1. The number of carbonyl (C=O) groups is 1. The van der Waals surface area contributed by atoms with E-state index in [0.29, 0.717) is 18.5 Å². The van der Waals surface area contributed by atoms with E-state index in [-0.39, 0.29) is 18.2 Å². The SMILES string of the molecule is CC(C)CC(CNS(=O)(=O)CCc1ccccn1)C(=O)O. The molecule has 0 aliphatic rings. The maximum Gasteiger partial charge on any atom is 0.307 e. The van der Waals surface area contributed by atoms with Gasteiger partial charge in [-0.1, -0.05) is 19.9 Å². The van der Waals surface area contributed by atoms with Crippen molar-refractivity contribution in [2.24, 2.45) is 11.8 Å². The van der Waals surface area contributed by atoms with Crippen molar-refractivity contribution in [1.82, 2.24) is 9.71 Å². The van der Waals surface area contributed by atoms with E-state index >= 15 is 0 Å². The number of rotatable bonds is 9. The van der Waals surface area contributed by atoms with Crippen LogP contribution in [0.4, 0.5) is 0 Å². The Morgan fingerprint density at radius 1 is 1.38 bits per heavy atom. The Labute approximate surface area is 125 Å². The van der Waals surface area contributed by atoms with Crippen LogP contribution < -0.4 is 4.72 Å². The molecule has 0 spiro atoms. The highest BCUT2D eigenvalue weighted by molar-refractivity contribution is 7.89. The molecule has 21 heavy (non-hydrogen) atoms. The molecule has 1 rings (SSSR count). The molecule has 7 heteroatoms. The van der Waals surface area contributed by atoms with E-state index in [1.165, 1.54) is 0 Å². The molecule has 0 saturated heterocycles. The van der Waals surface area contributed by atoms with Crippen molar-refractivity contribution in [1.29, 1.82) is 0 Å². The molecule has 0 aromatic carbocycles. The predicted molar refractivity (Wildman–Crippen MR) is 80.3 cm³/mol. The number of hydrogen-bond donors (Lipinski definition) is 2. The molecule has 1 aromatic heterocycles. The van der Waals surface area contributed by atoms with Crippen LogP contribution in [0.2, 0.25) is 0 Å². The van der Waals surface area contributed by atoms with Gasteiger partial charge in [0.2, 0.25) is 10.0 Å². The number of hydrogen-bond acceptors (Lipinski definition) is 4. The lowest BCUT2D eigenvalue weighted by molar-refractivity contribution is -0.142. The van der Waals surface area contributed by atoms with E-state index in [1.54, 1.807) is 24.4 Å². The van der Waals surface area contributed by atoms with Crippen molar-refractivity contribution >= 4 is 16.0 Å². The summed E-state index contributed by atoms with van der Waals surface area (Å²) < 4.78 is 26.1. The van der Waals surface area contributed by atoms with E-state index < -0.39 is 21.9 Å². The molecule has 0 radical (unpaired) electrons. The largest absolute Gasteiger partial charge is 0.481 e. The van der Waals surface area contributed by atoms with Crippen molar-refractivity contribution in [2.45, 2.75) is 26.7 Å². The van der Waals surface area contributed by atoms with Gasteiger partial charge in [-0.3, -0.25) is 9.78 Å². The standard InChI is InChI=1S/C14H22N2O4S/c1-11(2)9-12(14(17)18)10-16-21(19,20)8-6-13-5-3-4-7-15-13/h3-5,7,11-12,16H,6,8-10H2,1-2H3,(H,17,18). The fraction of sp³-hybridized carbons (Fsp3) is 0.571. The van der Waals surface area contributed by atoms with Crippen LogP contribution in [0.15, 0.2) is 24.4 Å². The first-order valence-corrected chi connectivity index (χ1v) is 8.55.